The highest BCUT2D eigenvalue weighted by Gasteiger charge is 1.94. The number of hydrogen-bond acceptors (Lipinski definition) is 2. The lowest BCUT2D eigenvalue weighted by Gasteiger charge is -1.95. The van der Waals surface area contributed by atoms with Crippen molar-refractivity contribution in [1.82, 2.24) is 14.4 Å². The molecule has 0 radical (unpaired) electrons. The van der Waals surface area contributed by atoms with Gasteiger partial charge >= 0.3 is 0 Å². The van der Waals surface area contributed by atoms with Crippen LogP contribution in [0.25, 0.3) is 5.65 Å². The molecule has 0 bridgehead atoms. The molecule has 0 aromatic carbocycles. The van der Waals surface area contributed by atoms with Crippen LogP contribution in [0.15, 0.2) is 24.8 Å². The Morgan fingerprint density at radius 2 is 2.36 bits per heavy atom. The van der Waals surface area contributed by atoms with Gasteiger partial charge in [-0.3, -0.25) is 4.98 Å². The lowest BCUT2D eigenvalue weighted by atomic mass is 10.3. The second-order valence-electron chi connectivity index (χ2n) is 2.42. The fourth-order valence-corrected chi connectivity index (χ4v) is 1.05. The van der Waals surface area contributed by atoms with Gasteiger partial charge in [0.15, 0.2) is 5.65 Å². The van der Waals surface area contributed by atoms with Gasteiger partial charge in [0.2, 0.25) is 0 Å². The lowest BCUT2D eigenvalue weighted by Crippen LogP contribution is -1.91. The molecule has 0 aliphatic rings. The zero-order valence-electron chi connectivity index (χ0n) is 6.36. The molecule has 3 nitrogen and oxygen atoms in total. The minimum atomic E-state index is 0.905. The maximum Gasteiger partial charge on any atom is 0.155 e. The molecule has 2 aromatic rings. The van der Waals surface area contributed by atoms with Crippen molar-refractivity contribution in [3.05, 3.63) is 30.5 Å². The summed E-state index contributed by atoms with van der Waals surface area (Å²) in [6.45, 7) is 2.09. The first-order valence-electron chi connectivity index (χ1n) is 3.67. The molecule has 0 saturated carbocycles. The third-order valence-corrected chi connectivity index (χ3v) is 1.69. The summed E-state index contributed by atoms with van der Waals surface area (Å²) >= 11 is 0. The van der Waals surface area contributed by atoms with Crippen molar-refractivity contribution in [2.45, 2.75) is 13.3 Å². The smallest absolute Gasteiger partial charge is 0.155 e. The van der Waals surface area contributed by atoms with E-state index in [2.05, 4.69) is 16.9 Å². The molecular formula is C8H9N3. The van der Waals surface area contributed by atoms with Gasteiger partial charge in [0.25, 0.3) is 0 Å². The number of aryl methyl sites for hydroxylation is 1. The zero-order valence-corrected chi connectivity index (χ0v) is 6.36. The van der Waals surface area contributed by atoms with Gasteiger partial charge in [-0.2, -0.15) is 0 Å². The van der Waals surface area contributed by atoms with E-state index in [-0.39, 0.29) is 0 Å². The van der Waals surface area contributed by atoms with Crippen molar-refractivity contribution in [1.29, 1.82) is 0 Å². The fraction of sp³-hybridized carbons (Fsp3) is 0.250. The molecule has 0 N–H and O–H groups in total. The fourth-order valence-electron chi connectivity index (χ4n) is 1.05. The van der Waals surface area contributed by atoms with E-state index >= 15 is 0 Å². The van der Waals surface area contributed by atoms with Gasteiger partial charge in [-0.1, -0.05) is 6.92 Å². The van der Waals surface area contributed by atoms with E-state index < -0.39 is 0 Å². The summed E-state index contributed by atoms with van der Waals surface area (Å²) < 4.78 is 1.98. The minimum Gasteiger partial charge on any atom is -0.304 e. The van der Waals surface area contributed by atoms with Crippen LogP contribution >= 0.6 is 0 Å². The third-order valence-electron chi connectivity index (χ3n) is 1.69. The predicted molar refractivity (Wildman–Crippen MR) is 42.4 cm³/mol. The van der Waals surface area contributed by atoms with Crippen molar-refractivity contribution in [2.75, 3.05) is 0 Å². The Balaban J connectivity index is 2.67. The van der Waals surface area contributed by atoms with Crippen LogP contribution in [0.4, 0.5) is 0 Å². The summed E-state index contributed by atoms with van der Waals surface area (Å²) in [4.78, 5) is 8.31. The van der Waals surface area contributed by atoms with Crippen LogP contribution in [0.3, 0.4) is 0 Å². The number of imidazole rings is 1. The number of rotatable bonds is 1. The van der Waals surface area contributed by atoms with Crippen LogP contribution in [0.2, 0.25) is 0 Å². The van der Waals surface area contributed by atoms with E-state index in [1.807, 2.05) is 16.8 Å². The van der Waals surface area contributed by atoms with Gasteiger partial charge < -0.3 is 4.40 Å². The third kappa shape index (κ3) is 0.981. The molecule has 0 unspecified atom stereocenters. The summed E-state index contributed by atoms with van der Waals surface area (Å²) in [5, 5.41) is 0. The van der Waals surface area contributed by atoms with Crippen LogP contribution < -0.4 is 0 Å². The summed E-state index contributed by atoms with van der Waals surface area (Å²) in [5.74, 6) is 0. The van der Waals surface area contributed by atoms with Crippen molar-refractivity contribution < 1.29 is 0 Å². The summed E-state index contributed by atoms with van der Waals surface area (Å²) in [6, 6.07) is 0. The van der Waals surface area contributed by atoms with Gasteiger partial charge in [-0.05, 0) is 6.42 Å². The first-order valence-corrected chi connectivity index (χ1v) is 3.67. The number of fused-ring (bicyclic) bond motifs is 1. The van der Waals surface area contributed by atoms with E-state index in [1.165, 1.54) is 0 Å². The summed E-state index contributed by atoms with van der Waals surface area (Å²) in [5.41, 5.74) is 2.00. The second-order valence-corrected chi connectivity index (χ2v) is 2.42. The molecule has 0 aliphatic heterocycles. The average Bonchev–Trinajstić information content (AvgIpc) is 2.50. The summed E-state index contributed by atoms with van der Waals surface area (Å²) in [7, 11) is 0. The average molecular weight is 147 g/mol. The van der Waals surface area contributed by atoms with Crippen molar-refractivity contribution >= 4 is 5.65 Å². The molecule has 0 spiro atoms. The minimum absolute atomic E-state index is 0.905. The van der Waals surface area contributed by atoms with Crippen LogP contribution in [-0.2, 0) is 6.42 Å². The maximum absolute atomic E-state index is 4.21. The molecule has 0 saturated heterocycles. The van der Waals surface area contributed by atoms with Gasteiger partial charge in [0.05, 0.1) is 11.9 Å². The van der Waals surface area contributed by atoms with E-state index in [0.29, 0.717) is 0 Å². The molecule has 0 aliphatic carbocycles. The Hall–Kier alpha value is -1.38. The van der Waals surface area contributed by atoms with E-state index in [0.717, 1.165) is 17.8 Å². The topological polar surface area (TPSA) is 30.2 Å². The molecule has 0 fully saturated rings. The zero-order chi connectivity index (χ0) is 7.68. The standard InChI is InChI=1S/C8H9N3/c1-2-7-6-11-4-3-9-8(11)5-10-7/h3-6H,2H2,1H3. The molecule has 2 rings (SSSR count). The highest BCUT2D eigenvalue weighted by Crippen LogP contribution is 2.00. The van der Waals surface area contributed by atoms with Crippen LogP contribution in [0, 0.1) is 0 Å². The molecular weight excluding hydrogens is 138 g/mol. The van der Waals surface area contributed by atoms with Crippen molar-refractivity contribution in [2.24, 2.45) is 0 Å². The quantitative estimate of drug-likeness (QED) is 0.608. The van der Waals surface area contributed by atoms with E-state index in [1.54, 1.807) is 12.4 Å². The maximum atomic E-state index is 4.21. The highest BCUT2D eigenvalue weighted by atomic mass is 15.0. The Kier molecular flexibility index (Phi) is 1.35. The normalized spacial score (nSPS) is 10.6. The lowest BCUT2D eigenvalue weighted by molar-refractivity contribution is 0.981. The number of nitrogens with zero attached hydrogens (tertiary/aromatic N) is 3. The molecule has 3 heteroatoms. The summed E-state index contributed by atoms with van der Waals surface area (Å²) in [6.07, 6.45) is 8.46. The number of aromatic nitrogens is 3. The molecule has 11 heavy (non-hydrogen) atoms. The Labute approximate surface area is 64.7 Å². The SMILES string of the molecule is CCc1cn2ccnc2cn1. The largest absolute Gasteiger partial charge is 0.304 e. The van der Waals surface area contributed by atoms with Crippen LogP contribution in [0.1, 0.15) is 12.6 Å². The Bertz CT molecular complexity index is 364. The van der Waals surface area contributed by atoms with Gasteiger partial charge in [-0.25, -0.2) is 4.98 Å². The number of hydrogen-bond donors (Lipinski definition) is 0. The Morgan fingerprint density at radius 3 is 3.18 bits per heavy atom. The second kappa shape index (κ2) is 2.34. The van der Waals surface area contributed by atoms with Crippen LogP contribution in [-0.4, -0.2) is 14.4 Å². The highest BCUT2D eigenvalue weighted by molar-refractivity contribution is 5.34. The van der Waals surface area contributed by atoms with E-state index in [4.69, 9.17) is 0 Å². The predicted octanol–water partition coefficient (Wildman–Crippen LogP) is 1.29. The van der Waals surface area contributed by atoms with Gasteiger partial charge in [-0.15, -0.1) is 0 Å². The molecule has 56 valence electrons. The molecule has 2 aromatic heterocycles. The first kappa shape index (κ1) is 6.34. The molecule has 2 heterocycles. The molecule has 0 atom stereocenters. The first-order chi connectivity index (χ1) is 5.40. The monoisotopic (exact) mass is 147 g/mol. The van der Waals surface area contributed by atoms with Gasteiger partial charge in [0.1, 0.15) is 0 Å². The van der Waals surface area contributed by atoms with E-state index in [9.17, 15) is 0 Å². The van der Waals surface area contributed by atoms with Gasteiger partial charge in [0, 0.05) is 18.6 Å². The van der Waals surface area contributed by atoms with Crippen molar-refractivity contribution in [3.8, 4) is 0 Å². The van der Waals surface area contributed by atoms with Crippen molar-refractivity contribution in [3.63, 3.8) is 0 Å². The Morgan fingerprint density at radius 1 is 1.45 bits per heavy atom. The van der Waals surface area contributed by atoms with Crippen LogP contribution in [0.5, 0.6) is 0 Å². The molecule has 0 amide bonds.